The summed E-state index contributed by atoms with van der Waals surface area (Å²) in [6.07, 6.45) is 0. The van der Waals surface area contributed by atoms with Crippen LogP contribution in [0.4, 0.5) is 34.1 Å². The van der Waals surface area contributed by atoms with Gasteiger partial charge in [-0.05, 0) is 175 Å². The van der Waals surface area contributed by atoms with E-state index in [1.807, 2.05) is 0 Å². The second-order valence-corrected chi connectivity index (χ2v) is 26.7. The maximum Gasteiger partial charge on any atom is 0.252 e. The third-order valence-electron chi connectivity index (χ3n) is 20.1. The minimum atomic E-state index is -0.293. The lowest BCUT2D eigenvalue weighted by molar-refractivity contribution is 0.590. The average Bonchev–Trinajstić information content (AvgIpc) is 0.689. The maximum atomic E-state index is 2.70. The van der Waals surface area contributed by atoms with Crippen LogP contribution in [0.25, 0.3) is 121 Å². The lowest BCUT2D eigenvalue weighted by Gasteiger charge is -2.46. The van der Waals surface area contributed by atoms with Crippen LogP contribution in [-0.2, 0) is 5.41 Å². The molecule has 0 atom stereocenters. The molecule has 16 aromatic rings. The highest BCUT2D eigenvalue weighted by Crippen LogP contribution is 2.55. The van der Waals surface area contributed by atoms with Crippen LogP contribution in [0.3, 0.4) is 0 Å². The molecule has 0 saturated heterocycles. The summed E-state index contributed by atoms with van der Waals surface area (Å²) in [6.45, 7) is 6.92. The highest BCUT2D eigenvalue weighted by molar-refractivity contribution is 7.00. The zero-order valence-electron chi connectivity index (χ0n) is 53.3. The molecule has 0 amide bonds. The Hall–Kier alpha value is -11.8. The molecule has 2 nitrogen and oxygen atoms in total. The third kappa shape index (κ3) is 9.40. The Morgan fingerprint density at radius 2 is 0.589 bits per heavy atom. The van der Waals surface area contributed by atoms with Crippen LogP contribution in [0.1, 0.15) is 26.3 Å². The Labute approximate surface area is 556 Å². The lowest BCUT2D eigenvalue weighted by Crippen LogP contribution is -2.61. The molecule has 0 radical (unpaired) electrons. The fourth-order valence-electron chi connectivity index (χ4n) is 15.6. The number of fused-ring (bicyclic) bond motifs is 4. The topological polar surface area (TPSA) is 6.48 Å². The van der Waals surface area contributed by atoms with E-state index in [9.17, 15) is 0 Å². The Bertz CT molecular complexity index is 5460. The van der Waals surface area contributed by atoms with Crippen molar-refractivity contribution < 1.29 is 0 Å². The number of rotatable bonds is 10. The molecular formula is C92H65BN2. The minimum Gasteiger partial charge on any atom is -0.310 e. The van der Waals surface area contributed by atoms with E-state index in [1.165, 1.54) is 87.6 Å². The van der Waals surface area contributed by atoms with Gasteiger partial charge in [0.2, 0.25) is 0 Å². The van der Waals surface area contributed by atoms with E-state index >= 15 is 0 Å². The van der Waals surface area contributed by atoms with Gasteiger partial charge in [-0.3, -0.25) is 0 Å². The van der Waals surface area contributed by atoms with Gasteiger partial charge in [0.25, 0.3) is 6.71 Å². The molecule has 16 aromatic carbocycles. The van der Waals surface area contributed by atoms with Crippen LogP contribution in [0, 0.1) is 0 Å². The fourth-order valence-corrected chi connectivity index (χ4v) is 15.6. The van der Waals surface area contributed by atoms with E-state index in [0.717, 1.165) is 89.8 Å². The summed E-state index contributed by atoms with van der Waals surface area (Å²) < 4.78 is 0. The molecule has 0 saturated carbocycles. The summed E-state index contributed by atoms with van der Waals surface area (Å²) in [5, 5.41) is 7.66. The van der Waals surface area contributed by atoms with Crippen LogP contribution < -0.4 is 26.2 Å². The van der Waals surface area contributed by atoms with Gasteiger partial charge in [0.05, 0.1) is 11.4 Å². The van der Waals surface area contributed by atoms with Crippen molar-refractivity contribution in [2.75, 3.05) is 9.80 Å². The fraction of sp³-hybridized carbons (Fsp3) is 0.0435. The van der Waals surface area contributed by atoms with E-state index < -0.39 is 0 Å². The quantitative estimate of drug-likeness (QED) is 0.0995. The predicted octanol–water partition coefficient (Wildman–Crippen LogP) is 23.3. The van der Waals surface area contributed by atoms with Crippen molar-refractivity contribution in [3.63, 3.8) is 0 Å². The van der Waals surface area contributed by atoms with Crippen LogP contribution in [0.5, 0.6) is 0 Å². The van der Waals surface area contributed by atoms with E-state index in [0.29, 0.717) is 0 Å². The van der Waals surface area contributed by atoms with E-state index in [1.54, 1.807) is 0 Å². The van der Waals surface area contributed by atoms with Gasteiger partial charge < -0.3 is 9.80 Å². The molecule has 0 bridgehead atoms. The Morgan fingerprint density at radius 1 is 0.242 bits per heavy atom. The standard InChI is InChI=1S/C92H65BN2/c1-92(2,3)74-58-85-89-86(59-74)95(91-79(65-36-21-9-22-37-65)54-73(62-30-15-6-16-31-62)55-80(91)66-38-23-10-24-39-66)84-51-47-71(75-48-44-69-43-42-67-40-25-41-68-45-49-76(75)88(69)87(67)68)57-82(84)93(89)81-56-70(60-26-11-4-12-27-60)46-50-83(81)94(85)90-77(63-32-17-7-18-33-63)52-72(61-28-13-5-14-29-61)53-78(90)64-34-19-8-20-35-64/h4-59H,1-3H3. The number of hydrogen-bond donors (Lipinski definition) is 0. The normalized spacial score (nSPS) is 12.5. The van der Waals surface area contributed by atoms with Crippen molar-refractivity contribution in [2.45, 2.75) is 26.2 Å². The van der Waals surface area contributed by atoms with Crippen molar-refractivity contribution in [1.29, 1.82) is 0 Å². The second kappa shape index (κ2) is 22.5. The molecule has 0 aromatic heterocycles. The molecule has 2 heterocycles. The van der Waals surface area contributed by atoms with Gasteiger partial charge >= 0.3 is 0 Å². The summed E-state index contributed by atoms with van der Waals surface area (Å²) in [6, 6.07) is 128. The van der Waals surface area contributed by atoms with E-state index in [-0.39, 0.29) is 12.1 Å². The van der Waals surface area contributed by atoms with Crippen molar-refractivity contribution in [1.82, 2.24) is 0 Å². The molecule has 95 heavy (non-hydrogen) atoms. The van der Waals surface area contributed by atoms with Crippen molar-refractivity contribution in [2.24, 2.45) is 0 Å². The van der Waals surface area contributed by atoms with Gasteiger partial charge in [0.15, 0.2) is 0 Å². The number of benzene rings is 16. The summed E-state index contributed by atoms with van der Waals surface area (Å²) in [5.74, 6) is 0. The molecule has 18 rings (SSSR count). The van der Waals surface area contributed by atoms with E-state index in [2.05, 4.69) is 370 Å². The highest BCUT2D eigenvalue weighted by Gasteiger charge is 2.46. The third-order valence-corrected chi connectivity index (χ3v) is 20.1. The first kappa shape index (κ1) is 56.0. The van der Waals surface area contributed by atoms with Crippen molar-refractivity contribution in [3.8, 4) is 89.0 Å². The molecule has 0 unspecified atom stereocenters. The Kier molecular flexibility index (Phi) is 13.3. The van der Waals surface area contributed by atoms with Crippen LogP contribution >= 0.6 is 0 Å². The summed E-state index contributed by atoms with van der Waals surface area (Å²) in [4.78, 5) is 5.39. The molecule has 2 aliphatic rings. The van der Waals surface area contributed by atoms with Crippen LogP contribution in [0.15, 0.2) is 340 Å². The summed E-state index contributed by atoms with van der Waals surface area (Å²) >= 11 is 0. The second-order valence-electron chi connectivity index (χ2n) is 26.7. The first-order valence-electron chi connectivity index (χ1n) is 33.2. The largest absolute Gasteiger partial charge is 0.310 e. The predicted molar refractivity (Wildman–Crippen MR) is 406 cm³/mol. The highest BCUT2D eigenvalue weighted by atomic mass is 15.2. The van der Waals surface area contributed by atoms with Crippen molar-refractivity contribution in [3.05, 3.63) is 345 Å². The number of anilines is 6. The van der Waals surface area contributed by atoms with Gasteiger partial charge in [0.1, 0.15) is 0 Å². The minimum absolute atomic E-state index is 0.234. The Balaban J connectivity index is 1.02. The van der Waals surface area contributed by atoms with Gasteiger partial charge in [-0.15, -0.1) is 0 Å². The van der Waals surface area contributed by atoms with Gasteiger partial charge in [0, 0.05) is 45.0 Å². The number of nitrogens with zero attached hydrogens (tertiary/aromatic N) is 2. The van der Waals surface area contributed by atoms with Gasteiger partial charge in [-0.25, -0.2) is 0 Å². The first-order valence-corrected chi connectivity index (χ1v) is 33.2. The van der Waals surface area contributed by atoms with Crippen molar-refractivity contribution >= 4 is 89.5 Å². The smallest absolute Gasteiger partial charge is 0.252 e. The monoisotopic (exact) mass is 1210 g/mol. The Morgan fingerprint density at radius 3 is 1.00 bits per heavy atom. The van der Waals surface area contributed by atoms with Crippen LogP contribution in [-0.4, -0.2) is 6.71 Å². The summed E-state index contributed by atoms with van der Waals surface area (Å²) in [5.41, 5.74) is 30.1. The molecule has 0 spiro atoms. The van der Waals surface area contributed by atoms with E-state index in [4.69, 9.17) is 0 Å². The first-order chi connectivity index (χ1) is 46.8. The molecule has 2 aliphatic heterocycles. The summed E-state index contributed by atoms with van der Waals surface area (Å²) in [7, 11) is 0. The molecule has 0 fully saturated rings. The van der Waals surface area contributed by atoms with Gasteiger partial charge in [-0.1, -0.05) is 312 Å². The SMILES string of the molecule is CC(C)(C)c1cc2c3c(c1)N(c1c(-c4ccccc4)cc(-c4ccccc4)cc1-c1ccccc1)c1ccc(-c4ccc5ccc6cccc7ccc4c5c67)cc1B3c1cc(-c3ccccc3)ccc1N2c1c(-c2ccccc2)cc(-c2ccccc2)cc1-c1ccccc1. The molecular weight excluding hydrogens is 1140 g/mol. The van der Waals surface area contributed by atoms with Crippen LogP contribution in [0.2, 0.25) is 0 Å². The zero-order valence-corrected chi connectivity index (χ0v) is 53.3. The molecule has 446 valence electrons. The number of hydrogen-bond acceptors (Lipinski definition) is 2. The average molecular weight is 1210 g/mol. The molecule has 3 heteroatoms. The molecule has 0 aliphatic carbocycles. The lowest BCUT2D eigenvalue weighted by atomic mass is 9.33. The molecule has 0 N–H and O–H groups in total. The van der Waals surface area contributed by atoms with Gasteiger partial charge in [-0.2, -0.15) is 0 Å². The maximum absolute atomic E-state index is 2.70. The zero-order chi connectivity index (χ0) is 63.3.